The standard InChI is InChI=1S/C16H35BO3S3/c1-5-9-13-23-16(12-8-4)20-17(18-14(21)10-6-2)19-15(22)11-7-3/h14-16,21-22H,5-13H2,1-4H3. The fourth-order valence-electron chi connectivity index (χ4n) is 1.89. The van der Waals surface area contributed by atoms with Crippen LogP contribution in [0.3, 0.4) is 0 Å². The molecule has 0 aromatic rings. The molecule has 0 aromatic heterocycles. The first-order valence-corrected chi connectivity index (χ1v) is 11.1. The molecule has 0 saturated carbocycles. The lowest BCUT2D eigenvalue weighted by Crippen LogP contribution is -2.36. The topological polar surface area (TPSA) is 27.7 Å². The van der Waals surface area contributed by atoms with Gasteiger partial charge in [0.25, 0.3) is 0 Å². The molecule has 0 aromatic carbocycles. The molecule has 0 rings (SSSR count). The molecule has 0 radical (unpaired) electrons. The van der Waals surface area contributed by atoms with E-state index >= 15 is 0 Å². The van der Waals surface area contributed by atoms with Crippen LogP contribution in [0.25, 0.3) is 0 Å². The summed E-state index contributed by atoms with van der Waals surface area (Å²) in [5, 5.41) is 0. The van der Waals surface area contributed by atoms with Gasteiger partial charge in [0.1, 0.15) is 0 Å². The van der Waals surface area contributed by atoms with Crippen LogP contribution in [0.15, 0.2) is 0 Å². The van der Waals surface area contributed by atoms with Crippen molar-refractivity contribution in [3.63, 3.8) is 0 Å². The zero-order chi connectivity index (χ0) is 17.5. The van der Waals surface area contributed by atoms with Gasteiger partial charge in [-0.3, -0.25) is 0 Å². The van der Waals surface area contributed by atoms with E-state index in [0.29, 0.717) is 0 Å². The smallest absolute Gasteiger partial charge is 0.374 e. The number of thiol groups is 2. The van der Waals surface area contributed by atoms with Gasteiger partial charge in [-0.15, -0.1) is 37.0 Å². The van der Waals surface area contributed by atoms with Crippen LogP contribution in [-0.4, -0.2) is 29.4 Å². The van der Waals surface area contributed by atoms with E-state index in [4.69, 9.17) is 14.0 Å². The third-order valence-corrected chi connectivity index (χ3v) is 5.20. The number of hydrogen-bond donors (Lipinski definition) is 2. The van der Waals surface area contributed by atoms with E-state index in [1.807, 2.05) is 11.8 Å². The van der Waals surface area contributed by atoms with E-state index in [0.717, 1.165) is 44.3 Å². The van der Waals surface area contributed by atoms with E-state index in [2.05, 4.69) is 53.0 Å². The quantitative estimate of drug-likeness (QED) is 0.153. The molecule has 7 heteroatoms. The average molecular weight is 382 g/mol. The normalized spacial score (nSPS) is 15.4. The van der Waals surface area contributed by atoms with Crippen LogP contribution in [0.1, 0.15) is 79.1 Å². The second kappa shape index (κ2) is 16.5. The van der Waals surface area contributed by atoms with Gasteiger partial charge >= 0.3 is 7.32 Å². The first-order valence-electron chi connectivity index (χ1n) is 9.01. The van der Waals surface area contributed by atoms with Crippen molar-refractivity contribution >= 4 is 44.3 Å². The molecule has 138 valence electrons. The molecule has 0 fully saturated rings. The molecule has 0 bridgehead atoms. The van der Waals surface area contributed by atoms with Crippen molar-refractivity contribution in [1.29, 1.82) is 0 Å². The number of rotatable bonds is 16. The van der Waals surface area contributed by atoms with E-state index in [9.17, 15) is 0 Å². The van der Waals surface area contributed by atoms with Gasteiger partial charge in [0, 0.05) is 0 Å². The summed E-state index contributed by atoms with van der Waals surface area (Å²) in [6.07, 6.45) is 8.26. The summed E-state index contributed by atoms with van der Waals surface area (Å²) >= 11 is 10.8. The Morgan fingerprint density at radius 2 is 1.30 bits per heavy atom. The van der Waals surface area contributed by atoms with Crippen molar-refractivity contribution in [2.24, 2.45) is 0 Å². The summed E-state index contributed by atoms with van der Waals surface area (Å²) in [6, 6.07) is 0. The largest absolute Gasteiger partial charge is 0.641 e. The minimum atomic E-state index is -0.691. The monoisotopic (exact) mass is 382 g/mol. The first-order chi connectivity index (χ1) is 11.1. The zero-order valence-electron chi connectivity index (χ0n) is 15.2. The van der Waals surface area contributed by atoms with Crippen LogP contribution in [0.4, 0.5) is 0 Å². The average Bonchev–Trinajstić information content (AvgIpc) is 2.48. The van der Waals surface area contributed by atoms with Gasteiger partial charge in [-0.25, -0.2) is 0 Å². The predicted octanol–water partition coefficient (Wildman–Crippen LogP) is 5.79. The lowest BCUT2D eigenvalue weighted by atomic mass is 10.2. The van der Waals surface area contributed by atoms with Crippen molar-refractivity contribution in [2.45, 2.75) is 95.4 Å². The minimum Gasteiger partial charge on any atom is -0.374 e. The maximum Gasteiger partial charge on any atom is 0.641 e. The Labute approximate surface area is 159 Å². The van der Waals surface area contributed by atoms with Crippen LogP contribution in [0.2, 0.25) is 0 Å². The summed E-state index contributed by atoms with van der Waals surface area (Å²) in [4.78, 5) is 0. The van der Waals surface area contributed by atoms with Crippen molar-refractivity contribution in [3.05, 3.63) is 0 Å². The Bertz CT molecular complexity index is 249. The molecule has 0 aliphatic heterocycles. The summed E-state index contributed by atoms with van der Waals surface area (Å²) in [7, 11) is -0.691. The van der Waals surface area contributed by atoms with E-state index < -0.39 is 7.32 Å². The molecule has 3 nitrogen and oxygen atoms in total. The van der Waals surface area contributed by atoms with Crippen molar-refractivity contribution in [3.8, 4) is 0 Å². The zero-order valence-corrected chi connectivity index (χ0v) is 17.8. The Kier molecular flexibility index (Phi) is 17.2. The van der Waals surface area contributed by atoms with Gasteiger partial charge in [-0.1, -0.05) is 53.4 Å². The number of thioether (sulfide) groups is 1. The first kappa shape index (κ1) is 24.0. The van der Waals surface area contributed by atoms with Gasteiger partial charge in [0.15, 0.2) is 0 Å². The Morgan fingerprint density at radius 3 is 1.74 bits per heavy atom. The van der Waals surface area contributed by atoms with E-state index in [1.165, 1.54) is 12.8 Å². The summed E-state index contributed by atoms with van der Waals surface area (Å²) in [6.45, 7) is 8.60. The van der Waals surface area contributed by atoms with Crippen LogP contribution in [0, 0.1) is 0 Å². The molecular weight excluding hydrogens is 347 g/mol. The fraction of sp³-hybridized carbons (Fsp3) is 1.00. The molecule has 0 amide bonds. The van der Waals surface area contributed by atoms with Gasteiger partial charge in [0.05, 0.1) is 16.3 Å². The highest BCUT2D eigenvalue weighted by Gasteiger charge is 2.30. The van der Waals surface area contributed by atoms with Crippen LogP contribution in [0.5, 0.6) is 0 Å². The lowest BCUT2D eigenvalue weighted by Gasteiger charge is -2.25. The molecule has 23 heavy (non-hydrogen) atoms. The van der Waals surface area contributed by atoms with Crippen molar-refractivity contribution < 1.29 is 14.0 Å². The van der Waals surface area contributed by atoms with Gasteiger partial charge in [-0.2, -0.15) is 0 Å². The van der Waals surface area contributed by atoms with Crippen molar-refractivity contribution in [1.82, 2.24) is 0 Å². The van der Waals surface area contributed by atoms with Gasteiger partial charge in [-0.05, 0) is 31.4 Å². The second-order valence-electron chi connectivity index (χ2n) is 5.63. The summed E-state index contributed by atoms with van der Waals surface area (Å²) in [5.74, 6) is 1.10. The number of hydrogen-bond acceptors (Lipinski definition) is 6. The third-order valence-electron chi connectivity index (χ3n) is 3.20. The molecule has 0 saturated heterocycles. The van der Waals surface area contributed by atoms with Crippen LogP contribution in [-0.2, 0) is 14.0 Å². The second-order valence-corrected chi connectivity index (χ2v) is 8.05. The molecule has 3 atom stereocenters. The molecule has 0 aliphatic rings. The Morgan fingerprint density at radius 1 is 0.783 bits per heavy atom. The van der Waals surface area contributed by atoms with E-state index in [-0.39, 0.29) is 16.3 Å². The Hall–Kier alpha value is 0.995. The fourth-order valence-corrected chi connectivity index (χ4v) is 3.90. The summed E-state index contributed by atoms with van der Waals surface area (Å²) in [5.41, 5.74) is -0.244. The number of unbranched alkanes of at least 4 members (excludes halogenated alkanes) is 1. The Balaban J connectivity index is 4.57. The highest BCUT2D eigenvalue weighted by Crippen LogP contribution is 2.23. The van der Waals surface area contributed by atoms with Gasteiger partial charge < -0.3 is 14.0 Å². The molecule has 0 heterocycles. The molecule has 0 aliphatic carbocycles. The molecule has 0 N–H and O–H groups in total. The SMILES string of the molecule is CCCCSC(CCC)OB(OC(S)CCC)OC(S)CCC. The summed E-state index contributed by atoms with van der Waals surface area (Å²) < 4.78 is 17.8. The molecular formula is C16H35BO3S3. The molecule has 3 unspecified atom stereocenters. The van der Waals surface area contributed by atoms with Crippen LogP contribution >= 0.6 is 37.0 Å². The highest BCUT2D eigenvalue weighted by molar-refractivity contribution is 7.99. The maximum atomic E-state index is 6.09. The van der Waals surface area contributed by atoms with Crippen molar-refractivity contribution in [2.75, 3.05) is 5.75 Å². The lowest BCUT2D eigenvalue weighted by molar-refractivity contribution is 0.0640. The van der Waals surface area contributed by atoms with Gasteiger partial charge in [0.2, 0.25) is 0 Å². The minimum absolute atomic E-state index is 0.0980. The van der Waals surface area contributed by atoms with Crippen LogP contribution < -0.4 is 0 Å². The third kappa shape index (κ3) is 13.9. The molecule has 0 spiro atoms. The predicted molar refractivity (Wildman–Crippen MR) is 110 cm³/mol. The van der Waals surface area contributed by atoms with E-state index in [1.54, 1.807) is 0 Å². The maximum absolute atomic E-state index is 6.09. The highest BCUT2D eigenvalue weighted by atomic mass is 32.2.